The average Bonchev–Trinajstić information content (AvgIpc) is 2.63. The van der Waals surface area contributed by atoms with Gasteiger partial charge in [-0.25, -0.2) is 0 Å². The minimum atomic E-state index is 0.702. The first kappa shape index (κ1) is 11.4. The summed E-state index contributed by atoms with van der Waals surface area (Å²) in [5, 5.41) is 11.5. The molecule has 1 rings (SSSR count). The first-order valence-corrected chi connectivity index (χ1v) is 5.39. The van der Waals surface area contributed by atoms with E-state index in [-0.39, 0.29) is 0 Å². The highest BCUT2D eigenvalue weighted by Gasteiger charge is 1.94. The van der Waals surface area contributed by atoms with Gasteiger partial charge < -0.3 is 15.0 Å². The van der Waals surface area contributed by atoms with Crippen molar-refractivity contribution >= 4 is 16.5 Å². The van der Waals surface area contributed by atoms with Crippen LogP contribution in [0, 0.1) is 0 Å². The molecule has 0 aliphatic heterocycles. The molecule has 5 nitrogen and oxygen atoms in total. The van der Waals surface area contributed by atoms with E-state index in [1.807, 2.05) is 14.1 Å². The molecule has 0 bridgehead atoms. The quantitative estimate of drug-likeness (QED) is 0.674. The Bertz CT molecular complexity index is 227. The monoisotopic (exact) mass is 216 g/mol. The number of nitrogens with zero attached hydrogens (tertiary/aromatic N) is 3. The fourth-order valence-electron chi connectivity index (χ4n) is 0.829. The van der Waals surface area contributed by atoms with Crippen molar-refractivity contribution in [2.24, 2.45) is 0 Å². The van der Waals surface area contributed by atoms with Crippen LogP contribution in [0.1, 0.15) is 0 Å². The number of hydrogen-bond donors (Lipinski definition) is 1. The number of nitrogens with one attached hydrogen (secondary N) is 1. The third-order valence-electron chi connectivity index (χ3n) is 1.57. The van der Waals surface area contributed by atoms with Gasteiger partial charge in [-0.3, -0.25) is 0 Å². The van der Waals surface area contributed by atoms with Crippen LogP contribution in [0.15, 0.2) is 5.51 Å². The number of anilines is 1. The molecule has 80 valence electrons. The van der Waals surface area contributed by atoms with Crippen LogP contribution in [0.2, 0.25) is 0 Å². The Morgan fingerprint density at radius 3 is 3.00 bits per heavy atom. The zero-order valence-corrected chi connectivity index (χ0v) is 9.38. The number of ether oxygens (including phenoxy) is 1. The molecule has 0 radical (unpaired) electrons. The van der Waals surface area contributed by atoms with Gasteiger partial charge in [0.25, 0.3) is 0 Å². The molecule has 0 spiro atoms. The molecule has 0 aliphatic carbocycles. The predicted octanol–water partition coefficient (Wildman–Crippen LogP) is 0.528. The van der Waals surface area contributed by atoms with Crippen molar-refractivity contribution in [3.63, 3.8) is 0 Å². The highest BCUT2D eigenvalue weighted by Crippen LogP contribution is 2.06. The van der Waals surface area contributed by atoms with Crippen LogP contribution in [0.3, 0.4) is 0 Å². The van der Waals surface area contributed by atoms with Crippen molar-refractivity contribution in [1.29, 1.82) is 0 Å². The lowest BCUT2D eigenvalue weighted by atomic mass is 10.6. The number of likely N-dealkylation sites (N-methyl/N-ethyl adjacent to an activating group) is 1. The van der Waals surface area contributed by atoms with Crippen LogP contribution < -0.4 is 5.32 Å². The van der Waals surface area contributed by atoms with Crippen LogP contribution >= 0.6 is 11.3 Å². The highest BCUT2D eigenvalue weighted by atomic mass is 32.1. The number of rotatable bonds is 7. The zero-order chi connectivity index (χ0) is 10.2. The molecular weight excluding hydrogens is 200 g/mol. The van der Waals surface area contributed by atoms with E-state index in [4.69, 9.17) is 4.74 Å². The minimum Gasteiger partial charge on any atom is -0.378 e. The molecule has 0 saturated heterocycles. The summed E-state index contributed by atoms with van der Waals surface area (Å²) >= 11 is 1.49. The van der Waals surface area contributed by atoms with Gasteiger partial charge in [-0.15, -0.1) is 10.2 Å². The van der Waals surface area contributed by atoms with Gasteiger partial charge in [-0.05, 0) is 14.1 Å². The maximum absolute atomic E-state index is 5.40. The summed E-state index contributed by atoms with van der Waals surface area (Å²) in [6.07, 6.45) is 0. The van der Waals surface area contributed by atoms with E-state index >= 15 is 0 Å². The summed E-state index contributed by atoms with van der Waals surface area (Å²) < 4.78 is 5.40. The summed E-state index contributed by atoms with van der Waals surface area (Å²) in [5.74, 6) is 0. The second-order valence-corrected chi connectivity index (χ2v) is 3.92. The van der Waals surface area contributed by atoms with Crippen molar-refractivity contribution in [3.05, 3.63) is 5.51 Å². The Labute approximate surface area is 88.1 Å². The maximum atomic E-state index is 5.40. The standard InChI is InChI=1S/C8H16N4OS/c1-12(2)4-6-13-5-3-9-8-11-10-7-14-8/h7H,3-6H2,1-2H3,(H,9,11). The molecule has 1 aromatic rings. The van der Waals surface area contributed by atoms with Crippen molar-refractivity contribution in [2.45, 2.75) is 0 Å². The molecule has 0 saturated carbocycles. The Morgan fingerprint density at radius 1 is 1.50 bits per heavy atom. The molecule has 1 N–H and O–H groups in total. The van der Waals surface area contributed by atoms with Crippen molar-refractivity contribution < 1.29 is 4.74 Å². The predicted molar refractivity (Wildman–Crippen MR) is 57.8 cm³/mol. The zero-order valence-electron chi connectivity index (χ0n) is 8.56. The minimum absolute atomic E-state index is 0.702. The number of hydrogen-bond acceptors (Lipinski definition) is 6. The smallest absolute Gasteiger partial charge is 0.205 e. The van der Waals surface area contributed by atoms with Crippen LogP contribution in [0.25, 0.3) is 0 Å². The average molecular weight is 216 g/mol. The summed E-state index contributed by atoms with van der Waals surface area (Å²) in [6, 6.07) is 0. The number of aromatic nitrogens is 2. The molecule has 0 aliphatic rings. The van der Waals surface area contributed by atoms with E-state index in [2.05, 4.69) is 20.4 Å². The third-order valence-corrected chi connectivity index (χ3v) is 2.21. The van der Waals surface area contributed by atoms with Gasteiger partial charge in [0.05, 0.1) is 13.2 Å². The van der Waals surface area contributed by atoms with Crippen molar-refractivity contribution in [1.82, 2.24) is 15.1 Å². The molecule has 14 heavy (non-hydrogen) atoms. The molecular formula is C8H16N4OS. The van der Waals surface area contributed by atoms with E-state index in [1.165, 1.54) is 11.3 Å². The third kappa shape index (κ3) is 5.11. The fourth-order valence-corrected chi connectivity index (χ4v) is 1.30. The summed E-state index contributed by atoms with van der Waals surface area (Å²) in [6.45, 7) is 3.21. The lowest BCUT2D eigenvalue weighted by Crippen LogP contribution is -2.19. The Hall–Kier alpha value is -0.720. The maximum Gasteiger partial charge on any atom is 0.205 e. The first-order chi connectivity index (χ1) is 6.79. The molecule has 0 amide bonds. The Balaban J connectivity index is 1.90. The molecule has 6 heteroatoms. The van der Waals surface area contributed by atoms with Gasteiger partial charge in [0.15, 0.2) is 0 Å². The molecule has 0 fully saturated rings. The largest absolute Gasteiger partial charge is 0.378 e. The van der Waals surface area contributed by atoms with Gasteiger partial charge in [-0.2, -0.15) is 0 Å². The van der Waals surface area contributed by atoms with Gasteiger partial charge in [0, 0.05) is 13.1 Å². The first-order valence-electron chi connectivity index (χ1n) is 4.51. The molecule has 0 atom stereocenters. The molecule has 0 unspecified atom stereocenters. The second-order valence-electron chi connectivity index (χ2n) is 3.09. The Kier molecular flexibility index (Phi) is 5.43. The molecule has 0 aromatic carbocycles. The van der Waals surface area contributed by atoms with E-state index in [0.29, 0.717) is 6.61 Å². The summed E-state index contributed by atoms with van der Waals surface area (Å²) in [4.78, 5) is 2.10. The van der Waals surface area contributed by atoms with Crippen molar-refractivity contribution in [3.8, 4) is 0 Å². The van der Waals surface area contributed by atoms with Crippen LogP contribution in [0.5, 0.6) is 0 Å². The van der Waals surface area contributed by atoms with Gasteiger partial charge in [-0.1, -0.05) is 11.3 Å². The molecule has 1 aromatic heterocycles. The normalized spacial score (nSPS) is 10.8. The SMILES string of the molecule is CN(C)CCOCCNc1nncs1. The van der Waals surface area contributed by atoms with Gasteiger partial charge >= 0.3 is 0 Å². The molecule has 1 heterocycles. The van der Waals surface area contributed by atoms with Gasteiger partial charge in [0.2, 0.25) is 5.13 Å². The van der Waals surface area contributed by atoms with E-state index in [9.17, 15) is 0 Å². The van der Waals surface area contributed by atoms with Gasteiger partial charge in [0.1, 0.15) is 5.51 Å². The fraction of sp³-hybridized carbons (Fsp3) is 0.750. The topological polar surface area (TPSA) is 50.3 Å². The van der Waals surface area contributed by atoms with Crippen LogP contribution in [-0.4, -0.2) is 55.5 Å². The van der Waals surface area contributed by atoms with Crippen molar-refractivity contribution in [2.75, 3.05) is 45.7 Å². The highest BCUT2D eigenvalue weighted by molar-refractivity contribution is 7.13. The summed E-state index contributed by atoms with van der Waals surface area (Å²) in [7, 11) is 4.06. The van der Waals surface area contributed by atoms with E-state index in [1.54, 1.807) is 5.51 Å². The Morgan fingerprint density at radius 2 is 2.36 bits per heavy atom. The summed E-state index contributed by atoms with van der Waals surface area (Å²) in [5.41, 5.74) is 1.70. The second kappa shape index (κ2) is 6.69. The van der Waals surface area contributed by atoms with Crippen LogP contribution in [-0.2, 0) is 4.74 Å². The lowest BCUT2D eigenvalue weighted by Gasteiger charge is -2.09. The van der Waals surface area contributed by atoms with E-state index < -0.39 is 0 Å². The van der Waals surface area contributed by atoms with Crippen LogP contribution in [0.4, 0.5) is 5.13 Å². The van der Waals surface area contributed by atoms with E-state index in [0.717, 1.165) is 24.8 Å². The lowest BCUT2D eigenvalue weighted by molar-refractivity contribution is 0.126.